The maximum absolute atomic E-state index is 12.9. The summed E-state index contributed by atoms with van der Waals surface area (Å²) in [5, 5.41) is 4.15. The molecule has 2 aromatic carbocycles. The number of amides is 1. The molecule has 1 heterocycles. The first-order valence-corrected chi connectivity index (χ1v) is 7.11. The molecule has 3 aromatic rings. The number of aryl methyl sites for hydroxylation is 1. The summed E-state index contributed by atoms with van der Waals surface area (Å²) >= 11 is 0. The molecule has 114 valence electrons. The molecule has 5 heteroatoms. The maximum atomic E-state index is 12.9. The molecule has 0 saturated carbocycles. The number of nitrogens with zero attached hydrogens (tertiary/aromatic N) is 2. The Morgan fingerprint density at radius 3 is 2.09 bits per heavy atom. The number of nitrogens with two attached hydrogens (primary N) is 1. The van der Waals surface area contributed by atoms with E-state index < -0.39 is 5.91 Å². The van der Waals surface area contributed by atoms with Gasteiger partial charge in [0.25, 0.3) is 5.91 Å². The molecule has 0 spiro atoms. The van der Waals surface area contributed by atoms with Crippen molar-refractivity contribution in [3.8, 4) is 11.3 Å². The molecule has 0 aliphatic rings. The molecular weight excluding hydrogens is 290 g/mol. The number of hydrogen-bond donors (Lipinski definition) is 1. The zero-order valence-electron chi connectivity index (χ0n) is 12.6. The van der Waals surface area contributed by atoms with Gasteiger partial charge in [0.1, 0.15) is 0 Å². The third kappa shape index (κ3) is 2.64. The molecule has 2 N–H and O–H groups in total. The number of carbonyl (C=O) groups is 2. The predicted octanol–water partition coefficient (Wildman–Crippen LogP) is 2.42. The number of carbonyl (C=O) groups excluding carboxylic acids is 2. The Kier molecular flexibility index (Phi) is 3.76. The summed E-state index contributed by atoms with van der Waals surface area (Å²) in [5.41, 5.74) is 7.51. The van der Waals surface area contributed by atoms with Crippen LogP contribution >= 0.6 is 0 Å². The van der Waals surface area contributed by atoms with Crippen LogP contribution in [-0.2, 0) is 7.05 Å². The fraction of sp³-hybridized carbons (Fsp3) is 0.0556. The fourth-order valence-corrected chi connectivity index (χ4v) is 2.57. The second-order valence-electron chi connectivity index (χ2n) is 5.12. The van der Waals surface area contributed by atoms with Crippen molar-refractivity contribution in [1.82, 2.24) is 9.78 Å². The van der Waals surface area contributed by atoms with E-state index in [2.05, 4.69) is 5.10 Å². The SMILES string of the molecule is Cn1nc(C(N)=O)c(C(=O)c2ccccc2)c1-c1ccccc1. The molecule has 0 saturated heterocycles. The van der Waals surface area contributed by atoms with Gasteiger partial charge < -0.3 is 5.73 Å². The summed E-state index contributed by atoms with van der Waals surface area (Å²) in [6, 6.07) is 18.1. The number of benzene rings is 2. The minimum atomic E-state index is -0.720. The summed E-state index contributed by atoms with van der Waals surface area (Å²) in [4.78, 5) is 24.7. The molecular formula is C18H15N3O2. The Balaban J connectivity index is 2.26. The standard InChI is InChI=1S/C18H15N3O2/c1-21-16(12-8-4-2-5-9-12)14(15(20-21)18(19)23)17(22)13-10-6-3-7-11-13/h2-11H,1H3,(H2,19,23). The van der Waals surface area contributed by atoms with Gasteiger partial charge in [-0.3, -0.25) is 14.3 Å². The van der Waals surface area contributed by atoms with E-state index >= 15 is 0 Å². The van der Waals surface area contributed by atoms with Gasteiger partial charge in [-0.1, -0.05) is 60.7 Å². The highest BCUT2D eigenvalue weighted by atomic mass is 16.1. The van der Waals surface area contributed by atoms with Crippen LogP contribution < -0.4 is 5.73 Å². The number of aromatic nitrogens is 2. The molecule has 3 rings (SSSR count). The van der Waals surface area contributed by atoms with Gasteiger partial charge in [-0.05, 0) is 0 Å². The topological polar surface area (TPSA) is 78.0 Å². The predicted molar refractivity (Wildman–Crippen MR) is 87.0 cm³/mol. The lowest BCUT2D eigenvalue weighted by Crippen LogP contribution is -2.16. The summed E-state index contributed by atoms with van der Waals surface area (Å²) in [5.74, 6) is -0.992. The van der Waals surface area contributed by atoms with E-state index in [0.29, 0.717) is 11.3 Å². The van der Waals surface area contributed by atoms with Gasteiger partial charge in [0.2, 0.25) is 0 Å². The van der Waals surface area contributed by atoms with E-state index in [1.807, 2.05) is 36.4 Å². The van der Waals surface area contributed by atoms with Crippen molar-refractivity contribution in [2.75, 3.05) is 0 Å². The maximum Gasteiger partial charge on any atom is 0.270 e. The van der Waals surface area contributed by atoms with Crippen LogP contribution in [0, 0.1) is 0 Å². The molecule has 1 amide bonds. The van der Waals surface area contributed by atoms with Crippen LogP contribution in [0.3, 0.4) is 0 Å². The molecule has 23 heavy (non-hydrogen) atoms. The number of hydrogen-bond acceptors (Lipinski definition) is 3. The van der Waals surface area contributed by atoms with Crippen LogP contribution in [0.5, 0.6) is 0 Å². The molecule has 1 aromatic heterocycles. The van der Waals surface area contributed by atoms with Crippen molar-refractivity contribution in [2.24, 2.45) is 12.8 Å². The molecule has 0 aliphatic carbocycles. The highest BCUT2D eigenvalue weighted by Gasteiger charge is 2.27. The van der Waals surface area contributed by atoms with Crippen molar-refractivity contribution in [3.63, 3.8) is 0 Å². The van der Waals surface area contributed by atoms with Crippen molar-refractivity contribution >= 4 is 11.7 Å². The van der Waals surface area contributed by atoms with Crippen LogP contribution in [0.4, 0.5) is 0 Å². The van der Waals surface area contributed by atoms with Crippen LogP contribution in [0.2, 0.25) is 0 Å². The highest BCUT2D eigenvalue weighted by molar-refractivity contribution is 6.17. The van der Waals surface area contributed by atoms with Crippen LogP contribution in [0.15, 0.2) is 60.7 Å². The van der Waals surface area contributed by atoms with E-state index in [9.17, 15) is 9.59 Å². The lowest BCUT2D eigenvalue weighted by molar-refractivity contribution is 0.0977. The molecule has 0 aliphatic heterocycles. The largest absolute Gasteiger partial charge is 0.364 e. The van der Waals surface area contributed by atoms with Gasteiger partial charge in [0.05, 0.1) is 11.3 Å². The number of ketones is 1. The first kappa shape index (κ1) is 14.7. The average Bonchev–Trinajstić information content (AvgIpc) is 2.93. The van der Waals surface area contributed by atoms with Crippen molar-refractivity contribution < 1.29 is 9.59 Å². The molecule has 0 bridgehead atoms. The smallest absolute Gasteiger partial charge is 0.270 e. The fourth-order valence-electron chi connectivity index (χ4n) is 2.57. The van der Waals surface area contributed by atoms with Gasteiger partial charge in [-0.25, -0.2) is 0 Å². The summed E-state index contributed by atoms with van der Waals surface area (Å²) in [7, 11) is 1.69. The molecule has 0 radical (unpaired) electrons. The third-order valence-electron chi connectivity index (χ3n) is 3.59. The van der Waals surface area contributed by atoms with E-state index in [-0.39, 0.29) is 17.0 Å². The van der Waals surface area contributed by atoms with Crippen molar-refractivity contribution in [3.05, 3.63) is 77.5 Å². The summed E-state index contributed by atoms with van der Waals surface area (Å²) in [6.07, 6.45) is 0. The van der Waals surface area contributed by atoms with E-state index in [4.69, 9.17) is 5.73 Å². The average molecular weight is 305 g/mol. The third-order valence-corrected chi connectivity index (χ3v) is 3.59. The minimum Gasteiger partial charge on any atom is -0.364 e. The molecule has 5 nitrogen and oxygen atoms in total. The first-order chi connectivity index (χ1) is 11.1. The van der Waals surface area contributed by atoms with Crippen LogP contribution in [0.25, 0.3) is 11.3 Å². The lowest BCUT2D eigenvalue weighted by Gasteiger charge is -2.06. The monoisotopic (exact) mass is 305 g/mol. The van der Waals surface area contributed by atoms with Gasteiger partial charge >= 0.3 is 0 Å². The second kappa shape index (κ2) is 5.88. The molecule has 0 atom stereocenters. The van der Waals surface area contributed by atoms with E-state index in [1.165, 1.54) is 4.68 Å². The Hall–Kier alpha value is -3.21. The zero-order chi connectivity index (χ0) is 16.4. The first-order valence-electron chi connectivity index (χ1n) is 7.11. The minimum absolute atomic E-state index is 0.0137. The highest BCUT2D eigenvalue weighted by Crippen LogP contribution is 2.28. The normalized spacial score (nSPS) is 10.5. The zero-order valence-corrected chi connectivity index (χ0v) is 12.6. The van der Waals surface area contributed by atoms with Crippen molar-refractivity contribution in [1.29, 1.82) is 0 Å². The Labute approximate surface area is 133 Å². The Bertz CT molecular complexity index is 868. The van der Waals surface area contributed by atoms with Crippen LogP contribution in [0.1, 0.15) is 26.4 Å². The van der Waals surface area contributed by atoms with Gasteiger partial charge in [-0.15, -0.1) is 0 Å². The summed E-state index contributed by atoms with van der Waals surface area (Å²) in [6.45, 7) is 0. The van der Waals surface area contributed by atoms with Gasteiger partial charge in [0, 0.05) is 18.2 Å². The number of rotatable bonds is 4. The van der Waals surface area contributed by atoms with Gasteiger partial charge in [-0.2, -0.15) is 5.10 Å². The van der Waals surface area contributed by atoms with Gasteiger partial charge in [0.15, 0.2) is 11.5 Å². The summed E-state index contributed by atoms with van der Waals surface area (Å²) < 4.78 is 1.52. The molecule has 0 fully saturated rings. The van der Waals surface area contributed by atoms with E-state index in [0.717, 1.165) is 5.56 Å². The van der Waals surface area contributed by atoms with Crippen LogP contribution in [-0.4, -0.2) is 21.5 Å². The van der Waals surface area contributed by atoms with Crippen molar-refractivity contribution in [2.45, 2.75) is 0 Å². The second-order valence-corrected chi connectivity index (χ2v) is 5.12. The quantitative estimate of drug-likeness (QED) is 0.752. The Morgan fingerprint density at radius 2 is 1.52 bits per heavy atom. The Morgan fingerprint density at radius 1 is 0.957 bits per heavy atom. The van der Waals surface area contributed by atoms with E-state index in [1.54, 1.807) is 31.3 Å². The lowest BCUT2D eigenvalue weighted by atomic mass is 9.97. The molecule has 0 unspecified atom stereocenters. The number of primary amides is 1.